The highest BCUT2D eigenvalue weighted by Gasteiger charge is 2.08. The maximum atomic E-state index is 9.27. The van der Waals surface area contributed by atoms with Gasteiger partial charge in [0.05, 0.1) is 13.7 Å². The molecule has 0 saturated carbocycles. The van der Waals surface area contributed by atoms with E-state index in [0.29, 0.717) is 0 Å². The number of aliphatic hydroxyl groups excluding tert-OH is 1. The summed E-state index contributed by atoms with van der Waals surface area (Å²) in [5.41, 5.74) is 2.70. The molecular formula is C13H13NO2. The molecule has 2 rings (SSSR count). The number of pyridine rings is 1. The van der Waals surface area contributed by atoms with Crippen LogP contribution < -0.4 is 4.74 Å². The number of rotatable bonds is 3. The normalized spacial score (nSPS) is 10.1. The van der Waals surface area contributed by atoms with Gasteiger partial charge >= 0.3 is 0 Å². The van der Waals surface area contributed by atoms with E-state index in [1.54, 1.807) is 19.5 Å². The third kappa shape index (κ3) is 1.90. The number of aliphatic hydroxyl groups is 1. The average molecular weight is 215 g/mol. The molecule has 3 nitrogen and oxygen atoms in total. The van der Waals surface area contributed by atoms with E-state index in [1.165, 1.54) is 0 Å². The molecule has 1 heterocycles. The van der Waals surface area contributed by atoms with Crippen LogP contribution >= 0.6 is 0 Å². The molecule has 82 valence electrons. The smallest absolute Gasteiger partial charge is 0.126 e. The molecule has 0 fully saturated rings. The summed E-state index contributed by atoms with van der Waals surface area (Å²) < 4.78 is 5.29. The van der Waals surface area contributed by atoms with Gasteiger partial charge in [0.25, 0.3) is 0 Å². The molecule has 0 amide bonds. The number of aromatic nitrogens is 1. The van der Waals surface area contributed by atoms with E-state index >= 15 is 0 Å². The first-order chi connectivity index (χ1) is 7.86. The quantitative estimate of drug-likeness (QED) is 0.853. The lowest BCUT2D eigenvalue weighted by Crippen LogP contribution is -1.93. The Morgan fingerprint density at radius 3 is 2.75 bits per heavy atom. The second-order valence-corrected chi connectivity index (χ2v) is 3.39. The molecule has 0 radical (unpaired) electrons. The molecule has 0 spiro atoms. The summed E-state index contributed by atoms with van der Waals surface area (Å²) in [5.74, 6) is 0.783. The maximum absolute atomic E-state index is 9.27. The first-order valence-electron chi connectivity index (χ1n) is 5.04. The summed E-state index contributed by atoms with van der Waals surface area (Å²) in [7, 11) is 1.63. The third-order valence-corrected chi connectivity index (χ3v) is 2.48. The monoisotopic (exact) mass is 215 g/mol. The summed E-state index contributed by atoms with van der Waals surface area (Å²) in [6.07, 6.45) is 3.41. The fourth-order valence-corrected chi connectivity index (χ4v) is 1.67. The number of methoxy groups -OCH3 is 1. The Kier molecular flexibility index (Phi) is 3.17. The lowest BCUT2D eigenvalue weighted by Gasteiger charge is -2.10. The third-order valence-electron chi connectivity index (χ3n) is 2.48. The summed E-state index contributed by atoms with van der Waals surface area (Å²) in [5, 5.41) is 9.27. The largest absolute Gasteiger partial charge is 0.496 e. The first kappa shape index (κ1) is 10.6. The van der Waals surface area contributed by atoms with Crippen molar-refractivity contribution in [1.29, 1.82) is 0 Å². The van der Waals surface area contributed by atoms with Crippen molar-refractivity contribution in [1.82, 2.24) is 4.98 Å². The Hall–Kier alpha value is -1.87. The van der Waals surface area contributed by atoms with Crippen LogP contribution in [0, 0.1) is 0 Å². The van der Waals surface area contributed by atoms with Crippen LogP contribution in [0.25, 0.3) is 11.1 Å². The number of ether oxygens (including phenoxy) is 1. The van der Waals surface area contributed by atoms with Crippen molar-refractivity contribution in [2.24, 2.45) is 0 Å². The Bertz CT molecular complexity index is 437. The highest BCUT2D eigenvalue weighted by Crippen LogP contribution is 2.31. The van der Waals surface area contributed by atoms with Crippen LogP contribution in [0.3, 0.4) is 0 Å². The minimum atomic E-state index is -0.00407. The van der Waals surface area contributed by atoms with Crippen LogP contribution in [0.15, 0.2) is 42.7 Å². The van der Waals surface area contributed by atoms with Gasteiger partial charge in [-0.15, -0.1) is 0 Å². The van der Waals surface area contributed by atoms with Crippen molar-refractivity contribution in [3.05, 3.63) is 48.3 Å². The molecule has 0 aliphatic carbocycles. The molecule has 0 aliphatic rings. The number of benzene rings is 1. The fourth-order valence-electron chi connectivity index (χ4n) is 1.67. The van der Waals surface area contributed by atoms with E-state index < -0.39 is 0 Å². The van der Waals surface area contributed by atoms with E-state index in [-0.39, 0.29) is 6.61 Å². The van der Waals surface area contributed by atoms with E-state index in [9.17, 15) is 5.11 Å². The molecule has 0 aliphatic heterocycles. The van der Waals surface area contributed by atoms with Crippen LogP contribution in [0.2, 0.25) is 0 Å². The van der Waals surface area contributed by atoms with Crippen LogP contribution in [0.5, 0.6) is 5.75 Å². The second kappa shape index (κ2) is 4.77. The minimum absolute atomic E-state index is 0.00407. The lowest BCUT2D eigenvalue weighted by atomic mass is 10.0. The summed E-state index contributed by atoms with van der Waals surface area (Å²) in [6.45, 7) is -0.00407. The van der Waals surface area contributed by atoms with Crippen molar-refractivity contribution in [2.75, 3.05) is 7.11 Å². The van der Waals surface area contributed by atoms with Crippen molar-refractivity contribution in [3.63, 3.8) is 0 Å². The standard InChI is InChI=1S/C13H13NO2/c1-16-13-5-3-2-4-11(13)12-8-14-7-6-10(12)9-15/h2-8,15H,9H2,1H3. The van der Waals surface area contributed by atoms with Crippen molar-refractivity contribution < 1.29 is 9.84 Å². The average Bonchev–Trinajstić information content (AvgIpc) is 2.38. The molecule has 1 aromatic heterocycles. The molecule has 0 atom stereocenters. The number of hydrogen-bond acceptors (Lipinski definition) is 3. The van der Waals surface area contributed by atoms with Gasteiger partial charge in [-0.2, -0.15) is 0 Å². The number of nitrogens with zero attached hydrogens (tertiary/aromatic N) is 1. The molecule has 1 aromatic carbocycles. The highest BCUT2D eigenvalue weighted by atomic mass is 16.5. The van der Waals surface area contributed by atoms with Gasteiger partial charge in [0.15, 0.2) is 0 Å². The zero-order valence-electron chi connectivity index (χ0n) is 9.05. The second-order valence-electron chi connectivity index (χ2n) is 3.39. The van der Waals surface area contributed by atoms with E-state index in [1.807, 2.05) is 30.3 Å². The predicted molar refractivity (Wildman–Crippen MR) is 62.1 cm³/mol. The van der Waals surface area contributed by atoms with E-state index in [2.05, 4.69) is 4.98 Å². The minimum Gasteiger partial charge on any atom is -0.496 e. The Balaban J connectivity index is 2.58. The van der Waals surface area contributed by atoms with Gasteiger partial charge in [0.1, 0.15) is 5.75 Å². The van der Waals surface area contributed by atoms with Crippen molar-refractivity contribution in [2.45, 2.75) is 6.61 Å². The Morgan fingerprint density at radius 2 is 2.00 bits per heavy atom. The number of para-hydroxylation sites is 1. The maximum Gasteiger partial charge on any atom is 0.126 e. The van der Waals surface area contributed by atoms with Crippen LogP contribution in [-0.2, 0) is 6.61 Å². The molecule has 0 bridgehead atoms. The van der Waals surface area contributed by atoms with Gasteiger partial charge in [0, 0.05) is 23.5 Å². The van der Waals surface area contributed by atoms with Gasteiger partial charge in [-0.25, -0.2) is 0 Å². The zero-order valence-corrected chi connectivity index (χ0v) is 9.05. The first-order valence-corrected chi connectivity index (χ1v) is 5.04. The molecular weight excluding hydrogens is 202 g/mol. The van der Waals surface area contributed by atoms with Crippen molar-refractivity contribution >= 4 is 0 Å². The van der Waals surface area contributed by atoms with Gasteiger partial charge < -0.3 is 9.84 Å². The lowest BCUT2D eigenvalue weighted by molar-refractivity contribution is 0.282. The summed E-state index contributed by atoms with van der Waals surface area (Å²) in [4.78, 5) is 4.08. The Morgan fingerprint density at radius 1 is 1.19 bits per heavy atom. The predicted octanol–water partition coefficient (Wildman–Crippen LogP) is 2.25. The van der Waals surface area contributed by atoms with E-state index in [0.717, 1.165) is 22.4 Å². The zero-order chi connectivity index (χ0) is 11.4. The fraction of sp³-hybridized carbons (Fsp3) is 0.154. The molecule has 16 heavy (non-hydrogen) atoms. The van der Waals surface area contributed by atoms with Gasteiger partial charge in [-0.3, -0.25) is 4.98 Å². The highest BCUT2D eigenvalue weighted by molar-refractivity contribution is 5.72. The van der Waals surface area contributed by atoms with Crippen LogP contribution in [0.1, 0.15) is 5.56 Å². The topological polar surface area (TPSA) is 42.4 Å². The van der Waals surface area contributed by atoms with Crippen LogP contribution in [0.4, 0.5) is 0 Å². The molecule has 0 unspecified atom stereocenters. The summed E-state index contributed by atoms with van der Waals surface area (Å²) in [6, 6.07) is 9.50. The van der Waals surface area contributed by atoms with E-state index in [4.69, 9.17) is 4.74 Å². The van der Waals surface area contributed by atoms with Crippen LogP contribution in [-0.4, -0.2) is 17.2 Å². The Labute approximate surface area is 94.3 Å². The molecule has 3 heteroatoms. The SMILES string of the molecule is COc1ccccc1-c1cnccc1CO. The van der Waals surface area contributed by atoms with Crippen molar-refractivity contribution in [3.8, 4) is 16.9 Å². The van der Waals surface area contributed by atoms with Gasteiger partial charge in [-0.05, 0) is 17.7 Å². The van der Waals surface area contributed by atoms with Gasteiger partial charge in [0.2, 0.25) is 0 Å². The number of hydrogen-bond donors (Lipinski definition) is 1. The molecule has 1 N–H and O–H groups in total. The van der Waals surface area contributed by atoms with Gasteiger partial charge in [-0.1, -0.05) is 18.2 Å². The summed E-state index contributed by atoms with van der Waals surface area (Å²) >= 11 is 0. The molecule has 2 aromatic rings. The molecule has 0 saturated heterocycles.